The summed E-state index contributed by atoms with van der Waals surface area (Å²) in [6.45, 7) is 3.62. The topological polar surface area (TPSA) is 130 Å². The van der Waals surface area contributed by atoms with Crippen LogP contribution in [-0.2, 0) is 14.4 Å². The molecule has 142 valence electrons. The number of urea groups is 1. The number of carbonyl (C=O) groups excluding carboxylic acids is 4. The second kappa shape index (κ2) is 5.98. The van der Waals surface area contributed by atoms with Crippen LogP contribution in [0.4, 0.5) is 14.9 Å². The van der Waals surface area contributed by atoms with Crippen LogP contribution < -0.4 is 16.0 Å². The van der Waals surface area contributed by atoms with Gasteiger partial charge in [0.1, 0.15) is 5.82 Å². The van der Waals surface area contributed by atoms with Crippen molar-refractivity contribution in [3.8, 4) is 0 Å². The standard InChI is InChI=1S/C18H18FN3O5/c1-17(2)7-11-13(12(23)8-17)18(27,14(24)21-16(20)26)15(25)22(11)10-5-3-9(19)4-6-10/h3-6,27H,7-8H2,1-2H3,(H3,20,21,24,26). The van der Waals surface area contributed by atoms with Crippen molar-refractivity contribution < 1.29 is 28.7 Å². The number of nitrogens with two attached hydrogens (primary N) is 1. The lowest BCUT2D eigenvalue weighted by Crippen LogP contribution is -2.57. The van der Waals surface area contributed by atoms with E-state index in [0.717, 1.165) is 17.0 Å². The van der Waals surface area contributed by atoms with Gasteiger partial charge in [-0.1, -0.05) is 13.8 Å². The monoisotopic (exact) mass is 375 g/mol. The summed E-state index contributed by atoms with van der Waals surface area (Å²) in [6.07, 6.45) is 0.214. The Hall–Kier alpha value is -3.07. The van der Waals surface area contributed by atoms with E-state index in [1.165, 1.54) is 12.1 Å². The normalized spacial score (nSPS) is 24.1. The smallest absolute Gasteiger partial charge is 0.318 e. The number of anilines is 1. The number of amides is 4. The average Bonchev–Trinajstić information content (AvgIpc) is 2.75. The number of benzene rings is 1. The fourth-order valence-corrected chi connectivity index (χ4v) is 3.56. The molecule has 9 heteroatoms. The third-order valence-electron chi connectivity index (χ3n) is 4.65. The highest BCUT2D eigenvalue weighted by Crippen LogP contribution is 2.48. The Bertz CT molecular complexity index is 906. The van der Waals surface area contributed by atoms with Gasteiger partial charge in [0.15, 0.2) is 5.78 Å². The van der Waals surface area contributed by atoms with E-state index < -0.39 is 40.5 Å². The molecule has 1 aromatic carbocycles. The summed E-state index contributed by atoms with van der Waals surface area (Å²) >= 11 is 0. The first-order valence-corrected chi connectivity index (χ1v) is 8.17. The molecule has 1 aliphatic carbocycles. The lowest BCUT2D eigenvalue weighted by atomic mass is 9.73. The number of ketones is 1. The first-order chi connectivity index (χ1) is 12.5. The van der Waals surface area contributed by atoms with Crippen LogP contribution in [0.1, 0.15) is 26.7 Å². The predicted octanol–water partition coefficient (Wildman–Crippen LogP) is 0.742. The molecule has 4 amide bonds. The minimum atomic E-state index is -2.88. The van der Waals surface area contributed by atoms with Crippen molar-refractivity contribution in [2.75, 3.05) is 4.90 Å². The van der Waals surface area contributed by atoms with E-state index in [0.29, 0.717) is 0 Å². The summed E-state index contributed by atoms with van der Waals surface area (Å²) in [5.41, 5.74) is 1.46. The molecule has 0 bridgehead atoms. The van der Waals surface area contributed by atoms with Crippen molar-refractivity contribution in [2.45, 2.75) is 32.3 Å². The molecule has 0 spiro atoms. The van der Waals surface area contributed by atoms with Crippen molar-refractivity contribution in [1.82, 2.24) is 5.32 Å². The zero-order valence-corrected chi connectivity index (χ0v) is 14.7. The average molecular weight is 375 g/mol. The molecule has 1 heterocycles. The van der Waals surface area contributed by atoms with E-state index in [1.807, 2.05) is 13.8 Å². The lowest BCUT2D eigenvalue weighted by molar-refractivity contribution is -0.147. The molecule has 1 atom stereocenters. The van der Waals surface area contributed by atoms with Crippen molar-refractivity contribution >= 4 is 29.3 Å². The van der Waals surface area contributed by atoms with Crippen LogP contribution >= 0.6 is 0 Å². The number of hydrogen-bond acceptors (Lipinski definition) is 5. The fourth-order valence-electron chi connectivity index (χ4n) is 3.56. The van der Waals surface area contributed by atoms with Gasteiger partial charge >= 0.3 is 6.03 Å². The van der Waals surface area contributed by atoms with Crippen LogP contribution in [0, 0.1) is 11.2 Å². The summed E-state index contributed by atoms with van der Waals surface area (Å²) < 4.78 is 13.3. The van der Waals surface area contributed by atoms with Gasteiger partial charge in [-0.15, -0.1) is 0 Å². The summed E-state index contributed by atoms with van der Waals surface area (Å²) in [4.78, 5) is 50.3. The third kappa shape index (κ3) is 2.89. The van der Waals surface area contributed by atoms with E-state index in [9.17, 15) is 28.7 Å². The lowest BCUT2D eigenvalue weighted by Gasteiger charge is -2.32. The fraction of sp³-hybridized carbons (Fsp3) is 0.333. The van der Waals surface area contributed by atoms with E-state index in [1.54, 1.807) is 5.32 Å². The molecule has 2 aliphatic rings. The molecule has 4 N–H and O–H groups in total. The number of imide groups is 1. The Morgan fingerprint density at radius 1 is 1.19 bits per heavy atom. The van der Waals surface area contributed by atoms with Gasteiger partial charge in [-0.05, 0) is 36.1 Å². The number of primary amides is 1. The van der Waals surface area contributed by atoms with Gasteiger partial charge < -0.3 is 10.8 Å². The van der Waals surface area contributed by atoms with Gasteiger partial charge in [0.25, 0.3) is 17.4 Å². The molecule has 27 heavy (non-hydrogen) atoms. The molecule has 0 aromatic heterocycles. The molecule has 3 rings (SSSR count). The number of halogens is 1. The molecular formula is C18H18FN3O5. The molecule has 0 saturated heterocycles. The first kappa shape index (κ1) is 18.7. The second-order valence-electron chi connectivity index (χ2n) is 7.41. The highest BCUT2D eigenvalue weighted by molar-refractivity contribution is 6.29. The Balaban J connectivity index is 2.20. The number of nitrogens with one attached hydrogen (secondary N) is 1. The van der Waals surface area contributed by atoms with Crippen molar-refractivity contribution in [2.24, 2.45) is 11.1 Å². The maximum absolute atomic E-state index is 13.3. The van der Waals surface area contributed by atoms with Gasteiger partial charge in [-0.2, -0.15) is 0 Å². The van der Waals surface area contributed by atoms with Crippen molar-refractivity contribution in [1.29, 1.82) is 0 Å². The molecule has 1 unspecified atom stereocenters. The van der Waals surface area contributed by atoms with Crippen molar-refractivity contribution in [3.63, 3.8) is 0 Å². The summed E-state index contributed by atoms with van der Waals surface area (Å²) in [5.74, 6) is -3.64. The van der Waals surface area contributed by atoms with Gasteiger partial charge in [0, 0.05) is 17.8 Å². The Morgan fingerprint density at radius 2 is 1.78 bits per heavy atom. The van der Waals surface area contributed by atoms with Gasteiger partial charge in [-0.3, -0.25) is 24.6 Å². The van der Waals surface area contributed by atoms with Gasteiger partial charge in [0.05, 0.1) is 5.57 Å². The molecule has 0 fully saturated rings. The zero-order chi connectivity index (χ0) is 20.1. The van der Waals surface area contributed by atoms with Crippen LogP contribution in [0.5, 0.6) is 0 Å². The van der Waals surface area contributed by atoms with Gasteiger partial charge in [0.2, 0.25) is 0 Å². The minimum Gasteiger partial charge on any atom is -0.368 e. The Kier molecular flexibility index (Phi) is 4.15. The molecule has 0 saturated carbocycles. The quantitative estimate of drug-likeness (QED) is 0.657. The first-order valence-electron chi connectivity index (χ1n) is 8.17. The third-order valence-corrected chi connectivity index (χ3v) is 4.65. The maximum atomic E-state index is 13.3. The minimum absolute atomic E-state index is 0.00251. The number of hydrogen-bond donors (Lipinski definition) is 3. The van der Waals surface area contributed by atoms with Crippen LogP contribution in [-0.4, -0.2) is 34.3 Å². The summed E-state index contributed by atoms with van der Waals surface area (Å²) in [6, 6.07) is 3.54. The van der Waals surface area contributed by atoms with Crippen LogP contribution in [0.15, 0.2) is 35.5 Å². The number of aliphatic hydroxyl groups is 1. The molecular weight excluding hydrogens is 357 g/mol. The molecule has 1 aromatic rings. The second-order valence-corrected chi connectivity index (χ2v) is 7.41. The van der Waals surface area contributed by atoms with Gasteiger partial charge in [-0.25, -0.2) is 9.18 Å². The van der Waals surface area contributed by atoms with Crippen LogP contribution in [0.2, 0.25) is 0 Å². The summed E-state index contributed by atoms with van der Waals surface area (Å²) in [7, 11) is 0. The maximum Gasteiger partial charge on any atom is 0.318 e. The van der Waals surface area contributed by atoms with E-state index in [4.69, 9.17) is 5.73 Å². The molecule has 8 nitrogen and oxygen atoms in total. The number of nitrogens with zero attached hydrogens (tertiary/aromatic N) is 1. The van der Waals surface area contributed by atoms with Crippen molar-refractivity contribution in [3.05, 3.63) is 41.4 Å². The Labute approximate surface area is 153 Å². The van der Waals surface area contributed by atoms with Crippen LogP contribution in [0.25, 0.3) is 0 Å². The highest BCUT2D eigenvalue weighted by atomic mass is 19.1. The highest BCUT2D eigenvalue weighted by Gasteiger charge is 2.61. The number of carbonyl (C=O) groups is 4. The number of allylic oxidation sites excluding steroid dienone is 1. The van der Waals surface area contributed by atoms with E-state index >= 15 is 0 Å². The zero-order valence-electron chi connectivity index (χ0n) is 14.7. The van der Waals surface area contributed by atoms with Crippen LogP contribution in [0.3, 0.4) is 0 Å². The SMILES string of the molecule is CC1(C)CC(=O)C2=C(C1)N(c1ccc(F)cc1)C(=O)C2(O)C(=O)NC(N)=O. The largest absolute Gasteiger partial charge is 0.368 e. The van der Waals surface area contributed by atoms with E-state index in [-0.39, 0.29) is 29.8 Å². The number of rotatable bonds is 2. The number of Topliss-reactive ketones (excluding diaryl/α,β-unsaturated/α-hetero) is 1. The molecule has 1 aliphatic heterocycles. The Morgan fingerprint density at radius 3 is 2.33 bits per heavy atom. The predicted molar refractivity (Wildman–Crippen MR) is 91.6 cm³/mol. The molecule has 0 radical (unpaired) electrons. The van der Waals surface area contributed by atoms with E-state index in [2.05, 4.69) is 0 Å². The summed E-state index contributed by atoms with van der Waals surface area (Å²) in [5, 5.41) is 12.6.